The van der Waals surface area contributed by atoms with Crippen LogP contribution in [0, 0.1) is 17.8 Å². The minimum Gasteiger partial charge on any atom is -0.462 e. The number of hydrogen-bond acceptors (Lipinski definition) is 15. The summed E-state index contributed by atoms with van der Waals surface area (Å²) in [6.45, 7) is 11.8. The van der Waals surface area contributed by atoms with E-state index >= 15 is 0 Å². The number of carbonyl (C=O) groups is 4. The maximum absolute atomic E-state index is 13.1. The Morgan fingerprint density at radius 1 is 0.284 bits per heavy atom. The second kappa shape index (κ2) is 66.6. The van der Waals surface area contributed by atoms with E-state index in [1.807, 2.05) is 0 Å². The van der Waals surface area contributed by atoms with Gasteiger partial charge in [-0.25, -0.2) is 9.13 Å². The number of unbranched alkanes of at least 4 members (excludes halogenated alkanes) is 42. The molecule has 19 heteroatoms. The summed E-state index contributed by atoms with van der Waals surface area (Å²) in [5.41, 5.74) is 0. The summed E-state index contributed by atoms with van der Waals surface area (Å²) in [4.78, 5) is 72.8. The molecule has 0 aromatic carbocycles. The SMILES string of the molecule is CCCCCCCCCCCCCCCCCCCCCC(=O)O[C@H](COC(=O)CCCCCCCCCCCCCC(C)C)COP(=O)(O)OC[C@@H](O)COP(=O)(O)OC[C@@H](COC(=O)CCCCCCCCCCC(C)C)OC(=O)CCCCCCCCCCC(C)C. The highest BCUT2D eigenvalue weighted by atomic mass is 31.2. The van der Waals surface area contributed by atoms with Crippen LogP contribution in [0.15, 0.2) is 0 Å². The van der Waals surface area contributed by atoms with E-state index in [4.69, 9.17) is 37.0 Å². The summed E-state index contributed by atoms with van der Waals surface area (Å²) in [5.74, 6) is 0.0953. The summed E-state index contributed by atoms with van der Waals surface area (Å²) in [7, 11) is -9.91. The number of carbonyl (C=O) groups excluding carboxylic acids is 4. The van der Waals surface area contributed by atoms with E-state index in [1.54, 1.807) is 0 Å². The van der Waals surface area contributed by atoms with E-state index < -0.39 is 97.5 Å². The molecule has 0 aliphatic rings. The molecule has 0 rings (SSSR count). The van der Waals surface area contributed by atoms with E-state index in [9.17, 15) is 43.2 Å². The van der Waals surface area contributed by atoms with Gasteiger partial charge in [0, 0.05) is 25.7 Å². The highest BCUT2D eigenvalue weighted by Gasteiger charge is 2.30. The van der Waals surface area contributed by atoms with Crippen molar-refractivity contribution in [3.8, 4) is 0 Å². The van der Waals surface area contributed by atoms with Gasteiger partial charge in [-0.05, 0) is 43.4 Å². The lowest BCUT2D eigenvalue weighted by Crippen LogP contribution is -2.30. The van der Waals surface area contributed by atoms with Gasteiger partial charge in [-0.2, -0.15) is 0 Å². The standard InChI is InChI=1S/C76H148O17P2/c1-8-9-10-11-12-13-14-15-16-17-18-19-20-21-24-28-38-45-52-59-75(80)92-71(63-86-73(78)57-50-43-36-27-25-22-23-26-33-40-47-54-67(2)3)65-90-94(82,83)88-61-70(77)62-89-95(84,85)91-66-72(93-76(81)60-53-46-39-32-30-35-42-49-56-69(6)7)64-87-74(79)58-51-44-37-31-29-34-41-48-55-68(4)5/h67-72,77H,8-66H2,1-7H3,(H,82,83)(H,84,85)/t70-,71-,72-/m1/s1. The van der Waals surface area contributed by atoms with Crippen molar-refractivity contribution < 1.29 is 80.2 Å². The summed E-state index contributed by atoms with van der Waals surface area (Å²) < 4.78 is 68.5. The molecule has 0 saturated carbocycles. The topological polar surface area (TPSA) is 237 Å². The number of ether oxygens (including phenoxy) is 4. The Bertz CT molecular complexity index is 1850. The normalized spacial score (nSPS) is 14.1. The van der Waals surface area contributed by atoms with Crippen molar-refractivity contribution in [2.45, 2.75) is 407 Å². The molecule has 17 nitrogen and oxygen atoms in total. The van der Waals surface area contributed by atoms with Crippen LogP contribution in [0.5, 0.6) is 0 Å². The van der Waals surface area contributed by atoms with Crippen molar-refractivity contribution in [2.24, 2.45) is 17.8 Å². The lowest BCUT2D eigenvalue weighted by atomic mass is 10.0. The Labute approximate surface area is 581 Å². The zero-order chi connectivity index (χ0) is 70.1. The highest BCUT2D eigenvalue weighted by molar-refractivity contribution is 7.47. The van der Waals surface area contributed by atoms with Crippen LogP contribution in [-0.4, -0.2) is 96.7 Å². The molecule has 0 aliphatic carbocycles. The van der Waals surface area contributed by atoms with Crippen molar-refractivity contribution in [1.29, 1.82) is 0 Å². The quantitative estimate of drug-likeness (QED) is 0.0222. The zero-order valence-corrected chi connectivity index (χ0v) is 63.9. The molecule has 564 valence electrons. The minimum absolute atomic E-state index is 0.104. The molecule has 0 aromatic heterocycles. The van der Waals surface area contributed by atoms with Crippen molar-refractivity contribution in [3.63, 3.8) is 0 Å². The lowest BCUT2D eigenvalue weighted by Gasteiger charge is -2.21. The number of esters is 4. The molecule has 0 heterocycles. The third kappa shape index (κ3) is 70.3. The van der Waals surface area contributed by atoms with Gasteiger partial charge in [0.15, 0.2) is 12.2 Å². The summed E-state index contributed by atoms with van der Waals surface area (Å²) in [6.07, 6.45) is 52.9. The molecule has 0 amide bonds. The molecule has 0 saturated heterocycles. The minimum atomic E-state index is -4.96. The Hall–Kier alpha value is -1.94. The van der Waals surface area contributed by atoms with E-state index in [1.165, 1.54) is 199 Å². The van der Waals surface area contributed by atoms with Gasteiger partial charge in [-0.15, -0.1) is 0 Å². The molecule has 0 radical (unpaired) electrons. The van der Waals surface area contributed by atoms with E-state index in [-0.39, 0.29) is 25.7 Å². The first-order valence-electron chi connectivity index (χ1n) is 39.3. The number of phosphoric acid groups is 2. The molecular formula is C76H148O17P2. The number of phosphoric ester groups is 2. The van der Waals surface area contributed by atoms with Gasteiger partial charge in [0.1, 0.15) is 19.3 Å². The first kappa shape index (κ1) is 93.1. The molecule has 5 atom stereocenters. The Morgan fingerprint density at radius 2 is 0.484 bits per heavy atom. The molecule has 95 heavy (non-hydrogen) atoms. The smallest absolute Gasteiger partial charge is 0.462 e. The van der Waals surface area contributed by atoms with Crippen LogP contribution in [0.3, 0.4) is 0 Å². The summed E-state index contributed by atoms with van der Waals surface area (Å²) >= 11 is 0. The first-order valence-corrected chi connectivity index (χ1v) is 42.3. The largest absolute Gasteiger partial charge is 0.472 e. The Morgan fingerprint density at radius 3 is 0.716 bits per heavy atom. The molecule has 0 aliphatic heterocycles. The van der Waals surface area contributed by atoms with Crippen LogP contribution in [0.4, 0.5) is 0 Å². The molecule has 3 N–H and O–H groups in total. The van der Waals surface area contributed by atoms with Crippen LogP contribution in [0.1, 0.15) is 389 Å². The fourth-order valence-corrected chi connectivity index (χ4v) is 13.2. The van der Waals surface area contributed by atoms with Crippen molar-refractivity contribution in [1.82, 2.24) is 0 Å². The van der Waals surface area contributed by atoms with Gasteiger partial charge in [0.05, 0.1) is 26.4 Å². The molecular weight excluding hydrogens is 1250 g/mol. The molecule has 0 spiro atoms. The maximum Gasteiger partial charge on any atom is 0.472 e. The predicted molar refractivity (Wildman–Crippen MR) is 386 cm³/mol. The van der Waals surface area contributed by atoms with E-state index in [2.05, 4.69) is 48.5 Å². The third-order valence-electron chi connectivity index (χ3n) is 17.6. The summed E-state index contributed by atoms with van der Waals surface area (Å²) in [5, 5.41) is 10.6. The third-order valence-corrected chi connectivity index (χ3v) is 19.5. The van der Waals surface area contributed by atoms with Crippen molar-refractivity contribution in [2.75, 3.05) is 39.6 Å². The average Bonchev–Trinajstić information content (AvgIpc) is 1.81. The van der Waals surface area contributed by atoms with Crippen molar-refractivity contribution >= 4 is 39.5 Å². The fourth-order valence-electron chi connectivity index (χ4n) is 11.6. The second-order valence-electron chi connectivity index (χ2n) is 28.8. The number of rotatable bonds is 74. The fraction of sp³-hybridized carbons (Fsp3) is 0.947. The van der Waals surface area contributed by atoms with Crippen LogP contribution in [0.25, 0.3) is 0 Å². The monoisotopic (exact) mass is 1400 g/mol. The summed E-state index contributed by atoms with van der Waals surface area (Å²) in [6, 6.07) is 0. The van der Waals surface area contributed by atoms with Gasteiger partial charge < -0.3 is 33.8 Å². The maximum atomic E-state index is 13.1. The second-order valence-corrected chi connectivity index (χ2v) is 31.7. The Kier molecular flexibility index (Phi) is 65.2. The zero-order valence-electron chi connectivity index (χ0n) is 62.1. The number of hydrogen-bond donors (Lipinski definition) is 3. The van der Waals surface area contributed by atoms with Gasteiger partial charge in [-0.3, -0.25) is 37.3 Å². The van der Waals surface area contributed by atoms with Crippen LogP contribution < -0.4 is 0 Å². The van der Waals surface area contributed by atoms with Crippen LogP contribution in [-0.2, 0) is 65.4 Å². The Balaban J connectivity index is 5.23. The lowest BCUT2D eigenvalue weighted by molar-refractivity contribution is -0.161. The predicted octanol–water partition coefficient (Wildman–Crippen LogP) is 22.2. The molecule has 2 unspecified atom stereocenters. The number of aliphatic hydroxyl groups is 1. The van der Waals surface area contributed by atoms with Crippen LogP contribution in [0.2, 0.25) is 0 Å². The van der Waals surface area contributed by atoms with Gasteiger partial charge >= 0.3 is 39.5 Å². The van der Waals surface area contributed by atoms with Gasteiger partial charge in [-0.1, -0.05) is 337 Å². The molecule has 0 bridgehead atoms. The molecule has 0 fully saturated rings. The van der Waals surface area contributed by atoms with Gasteiger partial charge in [0.2, 0.25) is 0 Å². The molecule has 0 aromatic rings. The van der Waals surface area contributed by atoms with E-state index in [0.717, 1.165) is 108 Å². The van der Waals surface area contributed by atoms with Gasteiger partial charge in [0.25, 0.3) is 0 Å². The average molecular weight is 1400 g/mol. The van der Waals surface area contributed by atoms with E-state index in [0.29, 0.717) is 25.7 Å². The highest BCUT2D eigenvalue weighted by Crippen LogP contribution is 2.45. The van der Waals surface area contributed by atoms with Crippen molar-refractivity contribution in [3.05, 3.63) is 0 Å². The number of aliphatic hydroxyl groups excluding tert-OH is 1. The first-order chi connectivity index (χ1) is 45.7. The van der Waals surface area contributed by atoms with Crippen LogP contribution >= 0.6 is 15.6 Å².